The standard InChI is InChI=1S/C15H20BrClO2/c1-10(2)4-5-12(16)11-8-14-15(9-13(11)17)19-7-3-6-18-14/h8-10,12H,3-7H2,1-2H3. The van der Waals surface area contributed by atoms with Crippen LogP contribution in [0.4, 0.5) is 0 Å². The van der Waals surface area contributed by atoms with Crippen LogP contribution in [-0.2, 0) is 0 Å². The molecule has 0 saturated heterocycles. The van der Waals surface area contributed by atoms with E-state index in [-0.39, 0.29) is 4.83 Å². The average Bonchev–Trinajstić information content (AvgIpc) is 2.59. The molecule has 0 spiro atoms. The van der Waals surface area contributed by atoms with Crippen LogP contribution in [0.5, 0.6) is 11.5 Å². The van der Waals surface area contributed by atoms with Crippen molar-refractivity contribution >= 4 is 27.5 Å². The van der Waals surface area contributed by atoms with Crippen LogP contribution in [-0.4, -0.2) is 13.2 Å². The van der Waals surface area contributed by atoms with E-state index >= 15 is 0 Å². The molecule has 0 N–H and O–H groups in total. The normalized spacial score (nSPS) is 16.3. The Morgan fingerprint density at radius 1 is 1.16 bits per heavy atom. The molecule has 1 heterocycles. The maximum atomic E-state index is 6.36. The molecule has 0 fully saturated rings. The molecule has 2 nitrogen and oxygen atoms in total. The Bertz CT molecular complexity index is 434. The Morgan fingerprint density at radius 3 is 2.42 bits per heavy atom. The highest BCUT2D eigenvalue weighted by atomic mass is 79.9. The Kier molecular flexibility index (Phi) is 5.40. The zero-order chi connectivity index (χ0) is 13.8. The number of benzene rings is 1. The van der Waals surface area contributed by atoms with E-state index in [1.54, 1.807) is 0 Å². The van der Waals surface area contributed by atoms with Gasteiger partial charge in [-0.05, 0) is 30.4 Å². The lowest BCUT2D eigenvalue weighted by Gasteiger charge is -2.16. The van der Waals surface area contributed by atoms with Crippen LogP contribution < -0.4 is 9.47 Å². The van der Waals surface area contributed by atoms with Crippen LogP contribution in [0.15, 0.2) is 12.1 Å². The van der Waals surface area contributed by atoms with Crippen molar-refractivity contribution in [3.63, 3.8) is 0 Å². The molecule has 1 aromatic rings. The van der Waals surface area contributed by atoms with Gasteiger partial charge in [0.15, 0.2) is 11.5 Å². The van der Waals surface area contributed by atoms with Gasteiger partial charge in [0, 0.05) is 22.3 Å². The Hall–Kier alpha value is -0.410. The first-order valence-electron chi connectivity index (χ1n) is 6.81. The molecule has 1 aromatic carbocycles. The molecule has 1 aliphatic heterocycles. The molecule has 0 radical (unpaired) electrons. The zero-order valence-corrected chi connectivity index (χ0v) is 13.8. The van der Waals surface area contributed by atoms with E-state index in [9.17, 15) is 0 Å². The predicted octanol–water partition coefficient (Wildman–Crippen LogP) is 5.37. The number of hydrogen-bond acceptors (Lipinski definition) is 2. The monoisotopic (exact) mass is 346 g/mol. The van der Waals surface area contributed by atoms with Crippen molar-refractivity contribution in [3.05, 3.63) is 22.7 Å². The van der Waals surface area contributed by atoms with Crippen LogP contribution >= 0.6 is 27.5 Å². The van der Waals surface area contributed by atoms with Crippen molar-refractivity contribution in [3.8, 4) is 11.5 Å². The summed E-state index contributed by atoms with van der Waals surface area (Å²) >= 11 is 10.1. The van der Waals surface area contributed by atoms with Crippen molar-refractivity contribution in [2.45, 2.75) is 37.9 Å². The number of halogens is 2. The van der Waals surface area contributed by atoms with Gasteiger partial charge in [0.1, 0.15) is 0 Å². The van der Waals surface area contributed by atoms with Crippen LogP contribution in [0.1, 0.15) is 43.5 Å². The molecule has 0 aromatic heterocycles. The summed E-state index contributed by atoms with van der Waals surface area (Å²) in [4.78, 5) is 0.263. The molecular formula is C15H20BrClO2. The summed E-state index contributed by atoms with van der Waals surface area (Å²) in [7, 11) is 0. The van der Waals surface area contributed by atoms with Crippen molar-refractivity contribution in [2.24, 2.45) is 5.92 Å². The predicted molar refractivity (Wildman–Crippen MR) is 82.8 cm³/mol. The van der Waals surface area contributed by atoms with Crippen LogP contribution in [0.25, 0.3) is 0 Å². The average molecular weight is 348 g/mol. The SMILES string of the molecule is CC(C)CCC(Br)c1cc2c(cc1Cl)OCCCO2. The van der Waals surface area contributed by atoms with Crippen LogP contribution in [0.3, 0.4) is 0 Å². The highest BCUT2D eigenvalue weighted by Gasteiger charge is 2.18. The maximum absolute atomic E-state index is 6.36. The summed E-state index contributed by atoms with van der Waals surface area (Å²) in [5.41, 5.74) is 1.09. The molecule has 0 saturated carbocycles. The lowest BCUT2D eigenvalue weighted by Crippen LogP contribution is -1.98. The quantitative estimate of drug-likeness (QED) is 0.681. The second kappa shape index (κ2) is 6.85. The lowest BCUT2D eigenvalue weighted by molar-refractivity contribution is 0.297. The Labute approximate surface area is 128 Å². The first-order chi connectivity index (χ1) is 9.08. The van der Waals surface area contributed by atoms with E-state index in [4.69, 9.17) is 21.1 Å². The maximum Gasteiger partial charge on any atom is 0.162 e. The molecule has 106 valence electrons. The van der Waals surface area contributed by atoms with Gasteiger partial charge in [0.25, 0.3) is 0 Å². The van der Waals surface area contributed by atoms with E-state index in [0.29, 0.717) is 19.1 Å². The van der Waals surface area contributed by atoms with E-state index in [2.05, 4.69) is 29.8 Å². The summed E-state index contributed by atoms with van der Waals surface area (Å²) in [5, 5.41) is 0.745. The second-order valence-electron chi connectivity index (χ2n) is 5.31. The fourth-order valence-corrected chi connectivity index (χ4v) is 3.14. The zero-order valence-electron chi connectivity index (χ0n) is 11.4. The Balaban J connectivity index is 2.18. The number of ether oxygens (including phenoxy) is 2. The molecular weight excluding hydrogens is 328 g/mol. The molecule has 2 rings (SSSR count). The van der Waals surface area contributed by atoms with Gasteiger partial charge in [-0.3, -0.25) is 0 Å². The van der Waals surface area contributed by atoms with Gasteiger partial charge in [-0.15, -0.1) is 0 Å². The van der Waals surface area contributed by atoms with Gasteiger partial charge in [0.05, 0.1) is 13.2 Å². The van der Waals surface area contributed by atoms with Gasteiger partial charge in [-0.2, -0.15) is 0 Å². The molecule has 1 unspecified atom stereocenters. The van der Waals surface area contributed by atoms with Crippen molar-refractivity contribution in [1.29, 1.82) is 0 Å². The van der Waals surface area contributed by atoms with Gasteiger partial charge >= 0.3 is 0 Å². The van der Waals surface area contributed by atoms with E-state index in [1.807, 2.05) is 12.1 Å². The van der Waals surface area contributed by atoms with Crippen molar-refractivity contribution < 1.29 is 9.47 Å². The fourth-order valence-electron chi connectivity index (χ4n) is 2.07. The van der Waals surface area contributed by atoms with Crippen molar-refractivity contribution in [2.75, 3.05) is 13.2 Å². The number of hydrogen-bond donors (Lipinski definition) is 0. The first-order valence-corrected chi connectivity index (χ1v) is 8.10. The topological polar surface area (TPSA) is 18.5 Å². The first kappa shape index (κ1) is 15.0. The minimum Gasteiger partial charge on any atom is -0.490 e. The largest absolute Gasteiger partial charge is 0.490 e. The molecule has 0 aliphatic carbocycles. The van der Waals surface area contributed by atoms with Gasteiger partial charge < -0.3 is 9.47 Å². The highest BCUT2D eigenvalue weighted by molar-refractivity contribution is 9.09. The minimum atomic E-state index is 0.263. The third kappa shape index (κ3) is 4.03. The van der Waals surface area contributed by atoms with Crippen molar-refractivity contribution in [1.82, 2.24) is 0 Å². The smallest absolute Gasteiger partial charge is 0.162 e. The van der Waals surface area contributed by atoms with Gasteiger partial charge in [-0.25, -0.2) is 0 Å². The fraction of sp³-hybridized carbons (Fsp3) is 0.600. The second-order valence-corrected chi connectivity index (χ2v) is 6.82. The summed E-state index contributed by atoms with van der Waals surface area (Å²) in [6.07, 6.45) is 3.14. The molecule has 0 amide bonds. The third-order valence-corrected chi connectivity index (χ3v) is 4.48. The summed E-state index contributed by atoms with van der Waals surface area (Å²) in [6, 6.07) is 3.89. The van der Waals surface area contributed by atoms with E-state index in [0.717, 1.165) is 34.9 Å². The molecule has 4 heteroatoms. The highest BCUT2D eigenvalue weighted by Crippen LogP contribution is 2.41. The number of fused-ring (bicyclic) bond motifs is 1. The summed E-state index contributed by atoms with van der Waals surface area (Å²) < 4.78 is 11.4. The molecule has 1 aliphatic rings. The number of rotatable bonds is 4. The van der Waals surface area contributed by atoms with Gasteiger partial charge in [0.2, 0.25) is 0 Å². The third-order valence-electron chi connectivity index (χ3n) is 3.20. The minimum absolute atomic E-state index is 0.263. The number of alkyl halides is 1. The van der Waals surface area contributed by atoms with E-state index in [1.165, 1.54) is 6.42 Å². The van der Waals surface area contributed by atoms with Crippen LogP contribution in [0, 0.1) is 5.92 Å². The lowest BCUT2D eigenvalue weighted by atomic mass is 10.0. The van der Waals surface area contributed by atoms with Gasteiger partial charge in [-0.1, -0.05) is 41.4 Å². The summed E-state index contributed by atoms with van der Waals surface area (Å²) in [6.45, 7) is 5.85. The van der Waals surface area contributed by atoms with E-state index < -0.39 is 0 Å². The Morgan fingerprint density at radius 2 is 1.79 bits per heavy atom. The molecule has 1 atom stereocenters. The molecule has 0 bridgehead atoms. The summed E-state index contributed by atoms with van der Waals surface area (Å²) in [5.74, 6) is 2.26. The van der Waals surface area contributed by atoms with Crippen LogP contribution in [0.2, 0.25) is 5.02 Å². The molecule has 19 heavy (non-hydrogen) atoms.